The van der Waals surface area contributed by atoms with Crippen LogP contribution in [0.4, 0.5) is 0 Å². The SMILES string of the molecule is Cc1cc(OC(=O)CCCc2c[nH]c3ccc(I)cc23)ccc1Cl. The normalized spacial score (nSPS) is 11.0. The lowest BCUT2D eigenvalue weighted by Gasteiger charge is -2.06. The summed E-state index contributed by atoms with van der Waals surface area (Å²) in [6.45, 7) is 1.89. The summed E-state index contributed by atoms with van der Waals surface area (Å²) in [5.74, 6) is 0.328. The minimum absolute atomic E-state index is 0.217. The van der Waals surface area contributed by atoms with Crippen LogP contribution in [-0.2, 0) is 11.2 Å². The molecule has 1 heterocycles. The van der Waals surface area contributed by atoms with Crippen LogP contribution in [0.25, 0.3) is 10.9 Å². The number of nitrogens with one attached hydrogen (secondary N) is 1. The molecule has 3 aromatic rings. The number of rotatable bonds is 5. The first-order valence-corrected chi connectivity index (χ1v) is 9.21. The Kier molecular flexibility index (Phi) is 5.46. The Hall–Kier alpha value is -1.53. The van der Waals surface area contributed by atoms with Crippen LogP contribution in [0.3, 0.4) is 0 Å². The number of esters is 1. The molecule has 0 aliphatic carbocycles. The average Bonchev–Trinajstić information content (AvgIpc) is 2.93. The summed E-state index contributed by atoms with van der Waals surface area (Å²) in [6.07, 6.45) is 4.01. The van der Waals surface area contributed by atoms with Gasteiger partial charge < -0.3 is 9.72 Å². The minimum atomic E-state index is -0.217. The Morgan fingerprint density at radius 1 is 1.25 bits per heavy atom. The van der Waals surface area contributed by atoms with Gasteiger partial charge in [-0.2, -0.15) is 0 Å². The average molecular weight is 454 g/mol. The van der Waals surface area contributed by atoms with Gasteiger partial charge in [0.15, 0.2) is 0 Å². The quantitative estimate of drug-likeness (QED) is 0.308. The number of aromatic amines is 1. The van der Waals surface area contributed by atoms with E-state index in [1.165, 1.54) is 14.5 Å². The highest BCUT2D eigenvalue weighted by molar-refractivity contribution is 14.1. The van der Waals surface area contributed by atoms with Crippen molar-refractivity contribution in [3.63, 3.8) is 0 Å². The zero-order chi connectivity index (χ0) is 17.1. The fourth-order valence-corrected chi connectivity index (χ4v) is 3.25. The van der Waals surface area contributed by atoms with Crippen molar-refractivity contribution in [3.8, 4) is 5.75 Å². The molecule has 3 nitrogen and oxygen atoms in total. The fraction of sp³-hybridized carbons (Fsp3) is 0.211. The molecular formula is C19H17ClINO2. The van der Waals surface area contributed by atoms with Crippen molar-refractivity contribution >= 4 is 51.1 Å². The lowest BCUT2D eigenvalue weighted by atomic mass is 10.1. The Balaban J connectivity index is 1.56. The molecule has 5 heteroatoms. The second-order valence-electron chi connectivity index (χ2n) is 5.74. The van der Waals surface area contributed by atoms with Crippen LogP contribution in [-0.4, -0.2) is 11.0 Å². The predicted octanol–water partition coefficient (Wildman–Crippen LogP) is 5.66. The number of hydrogen-bond donors (Lipinski definition) is 1. The minimum Gasteiger partial charge on any atom is -0.427 e. The summed E-state index contributed by atoms with van der Waals surface area (Å²) in [6, 6.07) is 11.6. The highest BCUT2D eigenvalue weighted by Gasteiger charge is 2.09. The number of ether oxygens (including phenoxy) is 1. The zero-order valence-corrected chi connectivity index (χ0v) is 16.1. The molecule has 0 saturated heterocycles. The van der Waals surface area contributed by atoms with Gasteiger partial charge in [-0.1, -0.05) is 11.6 Å². The Bertz CT molecular complexity index is 888. The maximum absolute atomic E-state index is 12.0. The lowest BCUT2D eigenvalue weighted by molar-refractivity contribution is -0.134. The van der Waals surface area contributed by atoms with Crippen LogP contribution < -0.4 is 4.74 Å². The van der Waals surface area contributed by atoms with E-state index in [1.807, 2.05) is 13.1 Å². The molecule has 24 heavy (non-hydrogen) atoms. The third-order valence-corrected chi connectivity index (χ3v) is 5.01. The first-order valence-electron chi connectivity index (χ1n) is 7.75. The molecule has 0 aliphatic rings. The van der Waals surface area contributed by atoms with E-state index in [9.17, 15) is 4.79 Å². The molecular weight excluding hydrogens is 437 g/mol. The summed E-state index contributed by atoms with van der Waals surface area (Å²) < 4.78 is 6.58. The van der Waals surface area contributed by atoms with Crippen molar-refractivity contribution in [3.05, 3.63) is 62.3 Å². The third-order valence-electron chi connectivity index (χ3n) is 3.92. The van der Waals surface area contributed by atoms with Gasteiger partial charge in [0.1, 0.15) is 5.75 Å². The van der Waals surface area contributed by atoms with Crippen LogP contribution in [0.2, 0.25) is 5.02 Å². The summed E-state index contributed by atoms with van der Waals surface area (Å²) in [7, 11) is 0. The molecule has 0 unspecified atom stereocenters. The van der Waals surface area contributed by atoms with E-state index >= 15 is 0 Å². The molecule has 0 spiro atoms. The highest BCUT2D eigenvalue weighted by atomic mass is 127. The molecule has 0 atom stereocenters. The van der Waals surface area contributed by atoms with Gasteiger partial charge in [-0.3, -0.25) is 4.79 Å². The van der Waals surface area contributed by atoms with Gasteiger partial charge in [-0.15, -0.1) is 0 Å². The van der Waals surface area contributed by atoms with Crippen LogP contribution >= 0.6 is 34.2 Å². The fourth-order valence-electron chi connectivity index (χ4n) is 2.64. The van der Waals surface area contributed by atoms with Crippen molar-refractivity contribution in [2.75, 3.05) is 0 Å². The summed E-state index contributed by atoms with van der Waals surface area (Å²) in [5.41, 5.74) is 3.26. The number of fused-ring (bicyclic) bond motifs is 1. The number of carbonyl (C=O) groups excluding carboxylic acids is 1. The number of halogens is 2. The highest BCUT2D eigenvalue weighted by Crippen LogP contribution is 2.23. The Morgan fingerprint density at radius 3 is 2.88 bits per heavy atom. The monoisotopic (exact) mass is 453 g/mol. The van der Waals surface area contributed by atoms with E-state index < -0.39 is 0 Å². The van der Waals surface area contributed by atoms with Crippen LogP contribution in [0.1, 0.15) is 24.0 Å². The summed E-state index contributed by atoms with van der Waals surface area (Å²) in [5, 5.41) is 1.90. The predicted molar refractivity (Wildman–Crippen MR) is 106 cm³/mol. The van der Waals surface area contributed by atoms with Gasteiger partial charge in [-0.05, 0) is 89.9 Å². The summed E-state index contributed by atoms with van der Waals surface area (Å²) in [4.78, 5) is 15.3. The number of benzene rings is 2. The first-order chi connectivity index (χ1) is 11.5. The number of carbonyl (C=O) groups is 1. The molecule has 2 aromatic carbocycles. The number of H-pyrrole nitrogens is 1. The molecule has 3 rings (SSSR count). The largest absolute Gasteiger partial charge is 0.427 e. The maximum Gasteiger partial charge on any atom is 0.311 e. The maximum atomic E-state index is 12.0. The Morgan fingerprint density at radius 2 is 2.08 bits per heavy atom. The molecule has 0 amide bonds. The van der Waals surface area contributed by atoms with E-state index in [1.54, 1.807) is 18.2 Å². The van der Waals surface area contributed by atoms with Crippen molar-refractivity contribution in [2.45, 2.75) is 26.2 Å². The van der Waals surface area contributed by atoms with Crippen LogP contribution in [0.15, 0.2) is 42.6 Å². The molecule has 0 fully saturated rings. The number of hydrogen-bond acceptors (Lipinski definition) is 2. The van der Waals surface area contributed by atoms with Crippen molar-refractivity contribution < 1.29 is 9.53 Å². The van der Waals surface area contributed by atoms with Crippen molar-refractivity contribution in [1.82, 2.24) is 4.98 Å². The van der Waals surface area contributed by atoms with Gasteiger partial charge in [0.2, 0.25) is 0 Å². The molecule has 1 aromatic heterocycles. The van der Waals surface area contributed by atoms with Gasteiger partial charge >= 0.3 is 5.97 Å². The van der Waals surface area contributed by atoms with E-state index in [0.29, 0.717) is 17.2 Å². The van der Waals surface area contributed by atoms with Crippen LogP contribution in [0, 0.1) is 10.5 Å². The Labute approximate surface area is 159 Å². The van der Waals surface area contributed by atoms with E-state index in [4.69, 9.17) is 16.3 Å². The number of aryl methyl sites for hydroxylation is 2. The molecule has 0 aliphatic heterocycles. The van der Waals surface area contributed by atoms with Gasteiger partial charge in [0.25, 0.3) is 0 Å². The molecule has 0 radical (unpaired) electrons. The lowest BCUT2D eigenvalue weighted by Crippen LogP contribution is -2.08. The van der Waals surface area contributed by atoms with Gasteiger partial charge in [0, 0.05) is 32.1 Å². The van der Waals surface area contributed by atoms with Crippen molar-refractivity contribution in [2.24, 2.45) is 0 Å². The van der Waals surface area contributed by atoms with Crippen LogP contribution in [0.5, 0.6) is 5.75 Å². The smallest absolute Gasteiger partial charge is 0.311 e. The van der Waals surface area contributed by atoms with E-state index in [-0.39, 0.29) is 5.97 Å². The topological polar surface area (TPSA) is 42.1 Å². The van der Waals surface area contributed by atoms with Crippen molar-refractivity contribution in [1.29, 1.82) is 0 Å². The van der Waals surface area contributed by atoms with Gasteiger partial charge in [0.05, 0.1) is 0 Å². The first kappa shape index (κ1) is 17.3. The molecule has 0 bridgehead atoms. The van der Waals surface area contributed by atoms with Gasteiger partial charge in [-0.25, -0.2) is 0 Å². The molecule has 1 N–H and O–H groups in total. The second kappa shape index (κ2) is 7.57. The molecule has 124 valence electrons. The second-order valence-corrected chi connectivity index (χ2v) is 7.40. The summed E-state index contributed by atoms with van der Waals surface area (Å²) >= 11 is 8.28. The standard InChI is InChI=1S/C19H17ClINO2/c1-12-9-15(6-7-17(12)20)24-19(23)4-2-3-13-11-22-18-8-5-14(21)10-16(13)18/h5-11,22H,2-4H2,1H3. The van der Waals surface area contributed by atoms with E-state index in [0.717, 1.165) is 23.9 Å². The third kappa shape index (κ3) is 4.11. The van der Waals surface area contributed by atoms with E-state index in [2.05, 4.69) is 45.8 Å². The molecule has 0 saturated carbocycles. The zero-order valence-electron chi connectivity index (χ0n) is 13.2. The number of aromatic nitrogens is 1.